The summed E-state index contributed by atoms with van der Waals surface area (Å²) < 4.78 is 18.1. The molecule has 0 amide bonds. The lowest BCUT2D eigenvalue weighted by Gasteiger charge is -2.11. The van der Waals surface area contributed by atoms with Gasteiger partial charge in [-0.15, -0.1) is 0 Å². The Hall–Kier alpha value is -1.84. The zero-order valence-electron chi connectivity index (χ0n) is 10.3. The van der Waals surface area contributed by atoms with Gasteiger partial charge in [0.25, 0.3) is 0 Å². The Morgan fingerprint density at radius 3 is 3.11 bits per heavy atom. The first-order chi connectivity index (χ1) is 8.61. The molecule has 18 heavy (non-hydrogen) atoms. The van der Waals surface area contributed by atoms with Crippen LogP contribution >= 0.6 is 0 Å². The number of rotatable bonds is 4. The van der Waals surface area contributed by atoms with Gasteiger partial charge in [-0.1, -0.05) is 6.58 Å². The molecule has 0 saturated heterocycles. The smallest absolute Gasteiger partial charge is 0.333 e. The Morgan fingerprint density at radius 1 is 1.61 bits per heavy atom. The molecule has 1 heterocycles. The molecule has 0 bridgehead atoms. The number of ether oxygens (including phenoxy) is 1. The number of hydrogen-bond acceptors (Lipinski definition) is 3. The Balaban J connectivity index is 2.07. The van der Waals surface area contributed by atoms with Crippen LogP contribution in [0.1, 0.15) is 24.8 Å². The molecule has 0 saturated carbocycles. The molecule has 1 aliphatic heterocycles. The van der Waals surface area contributed by atoms with Crippen LogP contribution in [0.25, 0.3) is 0 Å². The summed E-state index contributed by atoms with van der Waals surface area (Å²) in [7, 11) is 0. The molecule has 1 N–H and O–H groups in total. The first kappa shape index (κ1) is 12.6. The predicted octanol–water partition coefficient (Wildman–Crippen LogP) is 2.84. The number of hydrogen-bond donors (Lipinski definition) is 1. The normalized spacial score (nSPS) is 16.9. The van der Waals surface area contributed by atoms with E-state index in [1.165, 1.54) is 12.1 Å². The molecule has 0 aliphatic carbocycles. The maximum atomic E-state index is 13.2. The van der Waals surface area contributed by atoms with E-state index in [2.05, 4.69) is 11.9 Å². The van der Waals surface area contributed by atoms with Crippen molar-refractivity contribution < 1.29 is 13.9 Å². The Morgan fingerprint density at radius 2 is 2.39 bits per heavy atom. The van der Waals surface area contributed by atoms with E-state index in [0.717, 1.165) is 11.3 Å². The topological polar surface area (TPSA) is 38.3 Å². The number of halogens is 1. The molecular weight excluding hydrogens is 233 g/mol. The van der Waals surface area contributed by atoms with E-state index in [0.29, 0.717) is 25.1 Å². The van der Waals surface area contributed by atoms with Gasteiger partial charge in [0.15, 0.2) is 0 Å². The van der Waals surface area contributed by atoms with Crippen LogP contribution in [0.15, 0.2) is 30.4 Å². The van der Waals surface area contributed by atoms with E-state index in [9.17, 15) is 9.18 Å². The largest absolute Gasteiger partial charge is 0.463 e. The van der Waals surface area contributed by atoms with Gasteiger partial charge in [0.05, 0.1) is 6.61 Å². The number of carbonyl (C=O) groups excluding carboxylic acids is 1. The molecule has 3 nitrogen and oxygen atoms in total. The van der Waals surface area contributed by atoms with Crippen molar-refractivity contribution in [1.82, 2.24) is 0 Å². The fourth-order valence-electron chi connectivity index (χ4n) is 2.17. The molecule has 4 heteroatoms. The summed E-state index contributed by atoms with van der Waals surface area (Å²) in [5.74, 6) is -0.556. The summed E-state index contributed by atoms with van der Waals surface area (Å²) in [5, 5.41) is 3.19. The van der Waals surface area contributed by atoms with Crippen LogP contribution in [0.3, 0.4) is 0 Å². The lowest BCUT2D eigenvalue weighted by atomic mass is 9.94. The minimum Gasteiger partial charge on any atom is -0.463 e. The first-order valence-corrected chi connectivity index (χ1v) is 6.00. The molecular formula is C14H16FNO2. The molecule has 0 aromatic heterocycles. The number of nitrogens with one attached hydrogen (secondary N) is 1. The fourth-order valence-corrected chi connectivity index (χ4v) is 2.17. The minimum absolute atomic E-state index is 0.0765. The lowest BCUT2D eigenvalue weighted by Crippen LogP contribution is -2.11. The zero-order chi connectivity index (χ0) is 13.1. The second-order valence-electron chi connectivity index (χ2n) is 4.34. The van der Waals surface area contributed by atoms with Crippen LogP contribution in [0.4, 0.5) is 10.1 Å². The maximum Gasteiger partial charge on any atom is 0.333 e. The third kappa shape index (κ3) is 2.53. The maximum absolute atomic E-state index is 13.2. The third-order valence-electron chi connectivity index (χ3n) is 3.05. The summed E-state index contributed by atoms with van der Waals surface area (Å²) >= 11 is 0. The molecule has 0 spiro atoms. The van der Waals surface area contributed by atoms with Crippen molar-refractivity contribution in [3.63, 3.8) is 0 Å². The van der Waals surface area contributed by atoms with E-state index >= 15 is 0 Å². The number of carbonyl (C=O) groups is 1. The highest BCUT2D eigenvalue weighted by molar-refractivity contribution is 5.88. The van der Waals surface area contributed by atoms with Crippen molar-refractivity contribution in [3.05, 3.63) is 41.7 Å². The molecule has 0 fully saturated rings. The SMILES string of the molecule is C=C(CC1CNc2ccc(F)cc21)C(=O)OCC. The van der Waals surface area contributed by atoms with Gasteiger partial charge in [0.1, 0.15) is 5.82 Å². The van der Waals surface area contributed by atoms with Crippen molar-refractivity contribution in [3.8, 4) is 0 Å². The summed E-state index contributed by atoms with van der Waals surface area (Å²) in [4.78, 5) is 11.5. The van der Waals surface area contributed by atoms with Crippen molar-refractivity contribution in [1.29, 1.82) is 0 Å². The molecule has 0 radical (unpaired) electrons. The van der Waals surface area contributed by atoms with Gasteiger partial charge in [-0.05, 0) is 37.1 Å². The van der Waals surface area contributed by atoms with Gasteiger partial charge in [-0.3, -0.25) is 0 Å². The van der Waals surface area contributed by atoms with Crippen molar-refractivity contribution in [2.24, 2.45) is 0 Å². The number of fused-ring (bicyclic) bond motifs is 1. The van der Waals surface area contributed by atoms with E-state index in [1.807, 2.05) is 0 Å². The predicted molar refractivity (Wildman–Crippen MR) is 68.0 cm³/mol. The second kappa shape index (κ2) is 5.21. The van der Waals surface area contributed by atoms with Gasteiger partial charge in [0.2, 0.25) is 0 Å². The van der Waals surface area contributed by atoms with Crippen LogP contribution in [0.2, 0.25) is 0 Å². The number of benzene rings is 1. The van der Waals surface area contributed by atoms with Crippen LogP contribution in [0.5, 0.6) is 0 Å². The molecule has 2 rings (SSSR count). The van der Waals surface area contributed by atoms with E-state index in [1.54, 1.807) is 13.0 Å². The van der Waals surface area contributed by atoms with Gasteiger partial charge in [0, 0.05) is 23.7 Å². The fraction of sp³-hybridized carbons (Fsp3) is 0.357. The summed E-state index contributed by atoms with van der Waals surface area (Å²) in [5.41, 5.74) is 2.26. The van der Waals surface area contributed by atoms with Crippen molar-refractivity contribution in [2.75, 3.05) is 18.5 Å². The summed E-state index contributed by atoms with van der Waals surface area (Å²) in [6.07, 6.45) is 0.488. The minimum atomic E-state index is -0.373. The molecule has 96 valence electrons. The quantitative estimate of drug-likeness (QED) is 0.658. The molecule has 1 aromatic carbocycles. The molecule has 1 unspecified atom stereocenters. The molecule has 1 aromatic rings. The van der Waals surface area contributed by atoms with Crippen LogP contribution in [-0.4, -0.2) is 19.1 Å². The standard InChI is InChI=1S/C14H16FNO2/c1-3-18-14(17)9(2)6-10-8-16-13-5-4-11(15)7-12(10)13/h4-5,7,10,16H,2-3,6,8H2,1H3. The van der Waals surface area contributed by atoms with Crippen LogP contribution < -0.4 is 5.32 Å². The van der Waals surface area contributed by atoms with Crippen molar-refractivity contribution >= 4 is 11.7 Å². The highest BCUT2D eigenvalue weighted by atomic mass is 19.1. The summed E-state index contributed by atoms with van der Waals surface area (Å²) in [6.45, 7) is 6.52. The lowest BCUT2D eigenvalue weighted by molar-refractivity contribution is -0.138. The highest BCUT2D eigenvalue weighted by Crippen LogP contribution is 2.35. The molecule has 1 atom stereocenters. The van der Waals surface area contributed by atoms with Crippen LogP contribution in [0, 0.1) is 5.82 Å². The average molecular weight is 249 g/mol. The second-order valence-corrected chi connectivity index (χ2v) is 4.34. The number of anilines is 1. The highest BCUT2D eigenvalue weighted by Gasteiger charge is 2.25. The van der Waals surface area contributed by atoms with E-state index in [-0.39, 0.29) is 17.7 Å². The van der Waals surface area contributed by atoms with Crippen LogP contribution in [-0.2, 0) is 9.53 Å². The van der Waals surface area contributed by atoms with E-state index in [4.69, 9.17) is 4.74 Å². The molecule has 1 aliphatic rings. The zero-order valence-corrected chi connectivity index (χ0v) is 10.3. The Labute approximate surface area is 106 Å². The Kier molecular flexibility index (Phi) is 3.65. The van der Waals surface area contributed by atoms with Gasteiger partial charge in [-0.25, -0.2) is 9.18 Å². The third-order valence-corrected chi connectivity index (χ3v) is 3.05. The first-order valence-electron chi connectivity index (χ1n) is 6.00. The number of esters is 1. The summed E-state index contributed by atoms with van der Waals surface area (Å²) in [6, 6.07) is 4.66. The van der Waals surface area contributed by atoms with E-state index < -0.39 is 0 Å². The van der Waals surface area contributed by atoms with Crippen molar-refractivity contribution in [2.45, 2.75) is 19.3 Å². The Bertz CT molecular complexity index is 485. The van der Waals surface area contributed by atoms with Gasteiger partial charge in [-0.2, -0.15) is 0 Å². The average Bonchev–Trinajstić information content (AvgIpc) is 2.72. The van der Waals surface area contributed by atoms with Gasteiger partial charge >= 0.3 is 5.97 Å². The van der Waals surface area contributed by atoms with Gasteiger partial charge < -0.3 is 10.1 Å². The monoisotopic (exact) mass is 249 g/mol.